The van der Waals surface area contributed by atoms with E-state index in [1.165, 1.54) is 6.92 Å². The second-order valence-corrected chi connectivity index (χ2v) is 6.71. The number of amides is 1. The highest BCUT2D eigenvalue weighted by Gasteiger charge is 2.20. The van der Waals surface area contributed by atoms with Crippen LogP contribution in [0, 0.1) is 0 Å². The third-order valence-electron chi connectivity index (χ3n) is 4.57. The smallest absolute Gasteiger partial charge is 0.221 e. The average molecular weight is 384 g/mol. The summed E-state index contributed by atoms with van der Waals surface area (Å²) in [7, 11) is 0. The quantitative estimate of drug-likeness (QED) is 0.457. The zero-order valence-electron chi connectivity index (χ0n) is 15.9. The SMILES string of the molecule is CC(=O)Nc1cccc(OCC(=O)c2c(-c3ccccc3)[nH]c3ccccc23)c1. The van der Waals surface area contributed by atoms with Crippen LogP contribution in [0.2, 0.25) is 0 Å². The molecule has 144 valence electrons. The molecule has 0 fully saturated rings. The van der Waals surface area contributed by atoms with Crippen molar-refractivity contribution in [3.63, 3.8) is 0 Å². The zero-order chi connectivity index (χ0) is 20.2. The van der Waals surface area contributed by atoms with Crippen LogP contribution < -0.4 is 10.1 Å². The van der Waals surface area contributed by atoms with Crippen molar-refractivity contribution in [3.8, 4) is 17.0 Å². The van der Waals surface area contributed by atoms with Gasteiger partial charge in [-0.05, 0) is 23.8 Å². The highest BCUT2D eigenvalue weighted by molar-refractivity contribution is 6.13. The number of carbonyl (C=O) groups excluding carboxylic acids is 2. The van der Waals surface area contributed by atoms with E-state index in [4.69, 9.17) is 4.74 Å². The number of fused-ring (bicyclic) bond motifs is 1. The molecule has 0 aliphatic carbocycles. The number of ether oxygens (including phenoxy) is 1. The Morgan fingerprint density at radius 1 is 0.931 bits per heavy atom. The number of anilines is 1. The van der Waals surface area contributed by atoms with Gasteiger partial charge in [0.15, 0.2) is 6.61 Å². The molecular formula is C24H20N2O3. The van der Waals surface area contributed by atoms with E-state index < -0.39 is 0 Å². The van der Waals surface area contributed by atoms with Gasteiger partial charge in [0.05, 0.1) is 11.3 Å². The summed E-state index contributed by atoms with van der Waals surface area (Å²) in [5, 5.41) is 3.57. The largest absolute Gasteiger partial charge is 0.485 e. The maximum atomic E-state index is 13.1. The summed E-state index contributed by atoms with van der Waals surface area (Å²) >= 11 is 0. The zero-order valence-corrected chi connectivity index (χ0v) is 15.9. The third kappa shape index (κ3) is 4.04. The van der Waals surface area contributed by atoms with Crippen LogP contribution >= 0.6 is 0 Å². The molecule has 4 aromatic rings. The first-order chi connectivity index (χ1) is 14.1. The van der Waals surface area contributed by atoms with E-state index in [1.54, 1.807) is 24.3 Å². The van der Waals surface area contributed by atoms with E-state index in [0.29, 0.717) is 17.0 Å². The minimum Gasteiger partial charge on any atom is -0.485 e. The maximum Gasteiger partial charge on any atom is 0.221 e. The summed E-state index contributed by atoms with van der Waals surface area (Å²) in [6.07, 6.45) is 0. The fraction of sp³-hybridized carbons (Fsp3) is 0.0833. The Balaban J connectivity index is 1.63. The second-order valence-electron chi connectivity index (χ2n) is 6.71. The van der Waals surface area contributed by atoms with E-state index >= 15 is 0 Å². The molecule has 0 radical (unpaired) electrons. The number of H-pyrrole nitrogens is 1. The molecule has 1 aromatic heterocycles. The molecule has 0 atom stereocenters. The minimum atomic E-state index is -0.162. The van der Waals surface area contributed by atoms with Gasteiger partial charge in [0, 0.05) is 29.6 Å². The molecule has 0 aliphatic heterocycles. The number of aromatic amines is 1. The number of nitrogens with one attached hydrogen (secondary N) is 2. The van der Waals surface area contributed by atoms with Crippen LogP contribution in [-0.4, -0.2) is 23.3 Å². The summed E-state index contributed by atoms with van der Waals surface area (Å²) < 4.78 is 5.74. The molecule has 0 bridgehead atoms. The van der Waals surface area contributed by atoms with Crippen LogP contribution in [0.5, 0.6) is 5.75 Å². The number of hydrogen-bond donors (Lipinski definition) is 2. The van der Waals surface area contributed by atoms with Gasteiger partial charge in [0.2, 0.25) is 11.7 Å². The van der Waals surface area contributed by atoms with Gasteiger partial charge in [-0.2, -0.15) is 0 Å². The molecule has 3 aromatic carbocycles. The van der Waals surface area contributed by atoms with Gasteiger partial charge in [-0.3, -0.25) is 9.59 Å². The standard InChI is InChI=1S/C24H20N2O3/c1-16(27)25-18-10-7-11-19(14-18)29-15-22(28)23-20-12-5-6-13-21(20)26-24(23)17-8-3-2-4-9-17/h2-14,26H,15H2,1H3,(H,25,27). The van der Waals surface area contributed by atoms with Crippen molar-refractivity contribution in [2.45, 2.75) is 6.92 Å². The van der Waals surface area contributed by atoms with Gasteiger partial charge in [-0.1, -0.05) is 54.6 Å². The number of Topliss-reactive ketones (excluding diaryl/α,β-unsaturated/α-hetero) is 1. The van der Waals surface area contributed by atoms with Crippen LogP contribution in [0.15, 0.2) is 78.9 Å². The van der Waals surface area contributed by atoms with Gasteiger partial charge in [0.25, 0.3) is 0 Å². The van der Waals surface area contributed by atoms with E-state index in [0.717, 1.165) is 22.2 Å². The molecule has 0 unspecified atom stereocenters. The Morgan fingerprint density at radius 3 is 2.48 bits per heavy atom. The minimum absolute atomic E-state index is 0.106. The van der Waals surface area contributed by atoms with Gasteiger partial charge >= 0.3 is 0 Å². The molecule has 29 heavy (non-hydrogen) atoms. The molecular weight excluding hydrogens is 364 g/mol. The van der Waals surface area contributed by atoms with Crippen LogP contribution in [0.25, 0.3) is 22.2 Å². The van der Waals surface area contributed by atoms with Gasteiger partial charge in [0.1, 0.15) is 5.75 Å². The van der Waals surface area contributed by atoms with E-state index in [1.807, 2.05) is 54.6 Å². The predicted octanol–water partition coefficient (Wildman–Crippen LogP) is 5.06. The number of para-hydroxylation sites is 1. The summed E-state index contributed by atoms with van der Waals surface area (Å²) in [5.41, 5.74) is 3.87. The highest BCUT2D eigenvalue weighted by Crippen LogP contribution is 2.31. The Labute approximate surface area is 168 Å². The van der Waals surface area contributed by atoms with Crippen molar-refractivity contribution < 1.29 is 14.3 Å². The molecule has 4 rings (SSSR count). The third-order valence-corrected chi connectivity index (χ3v) is 4.57. The van der Waals surface area contributed by atoms with Crippen LogP contribution in [0.4, 0.5) is 5.69 Å². The lowest BCUT2D eigenvalue weighted by Crippen LogP contribution is -2.12. The fourth-order valence-electron chi connectivity index (χ4n) is 3.34. The van der Waals surface area contributed by atoms with Gasteiger partial charge < -0.3 is 15.0 Å². The molecule has 0 saturated heterocycles. The molecule has 1 heterocycles. The number of aromatic nitrogens is 1. The summed E-state index contributed by atoms with van der Waals surface area (Å²) in [6, 6.07) is 24.5. The number of ketones is 1. The summed E-state index contributed by atoms with van der Waals surface area (Å²) in [4.78, 5) is 27.7. The van der Waals surface area contributed by atoms with Crippen molar-refractivity contribution in [3.05, 3.63) is 84.4 Å². The first kappa shape index (κ1) is 18.5. The normalized spacial score (nSPS) is 10.7. The highest BCUT2D eigenvalue weighted by atomic mass is 16.5. The van der Waals surface area contributed by atoms with E-state index in [-0.39, 0.29) is 18.3 Å². The molecule has 5 heteroatoms. The molecule has 1 amide bonds. The Morgan fingerprint density at radius 2 is 1.69 bits per heavy atom. The first-order valence-corrected chi connectivity index (χ1v) is 9.31. The monoisotopic (exact) mass is 384 g/mol. The number of hydrogen-bond acceptors (Lipinski definition) is 3. The molecule has 0 spiro atoms. The lowest BCUT2D eigenvalue weighted by atomic mass is 10.0. The number of rotatable bonds is 6. The predicted molar refractivity (Wildman–Crippen MR) is 114 cm³/mol. The summed E-state index contributed by atoms with van der Waals surface area (Å²) in [5.74, 6) is 0.237. The van der Waals surface area contributed by atoms with E-state index in [2.05, 4.69) is 10.3 Å². The van der Waals surface area contributed by atoms with E-state index in [9.17, 15) is 9.59 Å². The maximum absolute atomic E-state index is 13.1. The molecule has 2 N–H and O–H groups in total. The summed E-state index contributed by atoms with van der Waals surface area (Å²) in [6.45, 7) is 1.34. The Bertz CT molecular complexity index is 1180. The average Bonchev–Trinajstić information content (AvgIpc) is 3.12. The first-order valence-electron chi connectivity index (χ1n) is 9.31. The van der Waals surface area contributed by atoms with Crippen LogP contribution in [0.3, 0.4) is 0 Å². The Kier molecular flexibility index (Phi) is 5.12. The van der Waals surface area contributed by atoms with Crippen molar-refractivity contribution in [2.75, 3.05) is 11.9 Å². The lowest BCUT2D eigenvalue weighted by molar-refractivity contribution is -0.114. The fourth-order valence-corrected chi connectivity index (χ4v) is 3.34. The van der Waals surface area contributed by atoms with Crippen molar-refractivity contribution in [1.82, 2.24) is 4.98 Å². The van der Waals surface area contributed by atoms with Crippen molar-refractivity contribution >= 4 is 28.3 Å². The molecule has 0 aliphatic rings. The Hall–Kier alpha value is -3.86. The van der Waals surface area contributed by atoms with Crippen molar-refractivity contribution in [2.24, 2.45) is 0 Å². The molecule has 0 saturated carbocycles. The van der Waals surface area contributed by atoms with Crippen molar-refractivity contribution in [1.29, 1.82) is 0 Å². The topological polar surface area (TPSA) is 71.2 Å². The second kappa shape index (κ2) is 8.02. The number of benzene rings is 3. The van der Waals surface area contributed by atoms with Crippen LogP contribution in [0.1, 0.15) is 17.3 Å². The van der Waals surface area contributed by atoms with Gasteiger partial charge in [-0.15, -0.1) is 0 Å². The van der Waals surface area contributed by atoms with Crippen LogP contribution in [-0.2, 0) is 4.79 Å². The lowest BCUT2D eigenvalue weighted by Gasteiger charge is -2.09. The molecule has 5 nitrogen and oxygen atoms in total. The number of carbonyl (C=O) groups is 2. The van der Waals surface area contributed by atoms with Gasteiger partial charge in [-0.25, -0.2) is 0 Å².